The zero-order chi connectivity index (χ0) is 14.9. The van der Waals surface area contributed by atoms with Gasteiger partial charge in [0.2, 0.25) is 5.56 Å². The van der Waals surface area contributed by atoms with Gasteiger partial charge in [-0.25, -0.2) is 8.42 Å². The van der Waals surface area contributed by atoms with Gasteiger partial charge in [0, 0.05) is 17.8 Å². The van der Waals surface area contributed by atoms with Crippen molar-refractivity contribution < 1.29 is 13.5 Å². The standard InChI is InChI=1S/C13H14N2O4S/c1-8-3-5-11(9(2)13(8)17)15-20(18,19)10-4-6-12(16)14-7-10/h3-7,15,17H,1-2H3,(H,14,16). The van der Waals surface area contributed by atoms with E-state index in [9.17, 15) is 18.3 Å². The number of hydrogen-bond donors (Lipinski definition) is 3. The van der Waals surface area contributed by atoms with Crippen molar-refractivity contribution in [2.75, 3.05) is 4.72 Å². The molecule has 0 aliphatic heterocycles. The molecule has 0 saturated heterocycles. The number of anilines is 1. The van der Waals surface area contributed by atoms with Gasteiger partial charge in [0.25, 0.3) is 10.0 Å². The molecule has 0 bridgehead atoms. The molecule has 2 rings (SSSR count). The van der Waals surface area contributed by atoms with Gasteiger partial charge in [0.1, 0.15) is 10.6 Å². The molecule has 106 valence electrons. The number of aryl methyl sites for hydroxylation is 1. The molecule has 0 fully saturated rings. The smallest absolute Gasteiger partial charge is 0.263 e. The molecule has 3 N–H and O–H groups in total. The Morgan fingerprint density at radius 2 is 1.85 bits per heavy atom. The number of phenols is 1. The van der Waals surface area contributed by atoms with E-state index in [1.165, 1.54) is 6.07 Å². The van der Waals surface area contributed by atoms with Crippen LogP contribution in [0.5, 0.6) is 5.75 Å². The zero-order valence-electron chi connectivity index (χ0n) is 11.0. The molecular weight excluding hydrogens is 280 g/mol. The largest absolute Gasteiger partial charge is 0.507 e. The van der Waals surface area contributed by atoms with E-state index in [-0.39, 0.29) is 16.2 Å². The number of phenolic OH excluding ortho intramolecular Hbond substituents is 1. The van der Waals surface area contributed by atoms with E-state index in [1.807, 2.05) is 0 Å². The Balaban J connectivity index is 2.41. The van der Waals surface area contributed by atoms with Crippen molar-refractivity contribution in [3.05, 3.63) is 51.9 Å². The van der Waals surface area contributed by atoms with Crippen LogP contribution in [0.1, 0.15) is 11.1 Å². The fourth-order valence-electron chi connectivity index (χ4n) is 1.71. The number of aromatic hydroxyl groups is 1. The third-order valence-corrected chi connectivity index (χ3v) is 4.31. The first-order chi connectivity index (χ1) is 9.31. The van der Waals surface area contributed by atoms with E-state index >= 15 is 0 Å². The molecule has 6 nitrogen and oxygen atoms in total. The highest BCUT2D eigenvalue weighted by atomic mass is 32.2. The van der Waals surface area contributed by atoms with Crippen LogP contribution in [-0.4, -0.2) is 18.5 Å². The Hall–Kier alpha value is -2.28. The van der Waals surface area contributed by atoms with Crippen molar-refractivity contribution in [1.82, 2.24) is 4.98 Å². The van der Waals surface area contributed by atoms with Crippen LogP contribution in [0.25, 0.3) is 0 Å². The van der Waals surface area contributed by atoms with Gasteiger partial charge in [-0.3, -0.25) is 9.52 Å². The summed E-state index contributed by atoms with van der Waals surface area (Å²) < 4.78 is 26.7. The van der Waals surface area contributed by atoms with Crippen molar-refractivity contribution in [2.45, 2.75) is 18.7 Å². The van der Waals surface area contributed by atoms with Crippen molar-refractivity contribution in [3.63, 3.8) is 0 Å². The molecule has 1 aromatic carbocycles. The number of aromatic nitrogens is 1. The van der Waals surface area contributed by atoms with Crippen molar-refractivity contribution in [1.29, 1.82) is 0 Å². The number of benzene rings is 1. The maximum Gasteiger partial charge on any atom is 0.263 e. The van der Waals surface area contributed by atoms with Crippen molar-refractivity contribution in [2.24, 2.45) is 0 Å². The average molecular weight is 294 g/mol. The van der Waals surface area contributed by atoms with E-state index in [1.54, 1.807) is 26.0 Å². The van der Waals surface area contributed by atoms with Crippen molar-refractivity contribution >= 4 is 15.7 Å². The van der Waals surface area contributed by atoms with E-state index in [0.717, 1.165) is 12.3 Å². The summed E-state index contributed by atoms with van der Waals surface area (Å²) in [6.07, 6.45) is 1.12. The number of rotatable bonds is 3. The fraction of sp³-hybridized carbons (Fsp3) is 0.154. The van der Waals surface area contributed by atoms with Crippen LogP contribution >= 0.6 is 0 Å². The minimum Gasteiger partial charge on any atom is -0.507 e. The predicted octanol–water partition coefficient (Wildman–Crippen LogP) is 1.50. The van der Waals surface area contributed by atoms with Gasteiger partial charge >= 0.3 is 0 Å². The van der Waals surface area contributed by atoms with Gasteiger partial charge < -0.3 is 10.1 Å². The highest BCUT2D eigenvalue weighted by Crippen LogP contribution is 2.29. The first kappa shape index (κ1) is 14.1. The summed E-state index contributed by atoms with van der Waals surface area (Å²) in [6.45, 7) is 3.34. The minimum atomic E-state index is -3.81. The second-order valence-corrected chi connectivity index (χ2v) is 6.08. The summed E-state index contributed by atoms with van der Waals surface area (Å²) in [7, 11) is -3.81. The van der Waals surface area contributed by atoms with Gasteiger partial charge in [-0.1, -0.05) is 6.07 Å². The Morgan fingerprint density at radius 3 is 2.45 bits per heavy atom. The van der Waals surface area contributed by atoms with Crippen LogP contribution in [0.4, 0.5) is 5.69 Å². The molecule has 1 heterocycles. The molecule has 0 aliphatic rings. The maximum atomic E-state index is 12.1. The number of H-pyrrole nitrogens is 1. The third-order valence-electron chi connectivity index (χ3n) is 2.94. The summed E-state index contributed by atoms with van der Waals surface area (Å²) in [5.74, 6) is 0.0478. The van der Waals surface area contributed by atoms with Crippen LogP contribution in [-0.2, 0) is 10.0 Å². The van der Waals surface area contributed by atoms with Gasteiger partial charge in [0.15, 0.2) is 0 Å². The molecule has 0 unspecified atom stereocenters. The van der Waals surface area contributed by atoms with Gasteiger partial charge in [-0.2, -0.15) is 0 Å². The van der Waals surface area contributed by atoms with Crippen LogP contribution in [0.15, 0.2) is 40.2 Å². The molecule has 0 atom stereocenters. The molecule has 20 heavy (non-hydrogen) atoms. The minimum absolute atomic E-state index is 0.0478. The topological polar surface area (TPSA) is 99.3 Å². The Bertz CT molecular complexity index is 789. The SMILES string of the molecule is Cc1ccc(NS(=O)(=O)c2ccc(=O)[nH]c2)c(C)c1O. The lowest BCUT2D eigenvalue weighted by Crippen LogP contribution is -2.15. The Kier molecular flexibility index (Phi) is 3.54. The predicted molar refractivity (Wildman–Crippen MR) is 75.5 cm³/mol. The lowest BCUT2D eigenvalue weighted by atomic mass is 10.1. The number of sulfonamides is 1. The van der Waals surface area contributed by atoms with E-state index in [2.05, 4.69) is 9.71 Å². The van der Waals surface area contributed by atoms with Gasteiger partial charge in [0.05, 0.1) is 5.69 Å². The molecule has 0 saturated carbocycles. The van der Waals surface area contributed by atoms with Crippen LogP contribution in [0.2, 0.25) is 0 Å². The second kappa shape index (κ2) is 5.01. The highest BCUT2D eigenvalue weighted by Gasteiger charge is 2.16. The molecule has 0 amide bonds. The summed E-state index contributed by atoms with van der Waals surface area (Å²) in [6, 6.07) is 5.54. The Labute approximate surface area is 116 Å². The second-order valence-electron chi connectivity index (χ2n) is 4.40. The maximum absolute atomic E-state index is 12.1. The number of pyridine rings is 1. The first-order valence-corrected chi connectivity index (χ1v) is 7.30. The highest BCUT2D eigenvalue weighted by molar-refractivity contribution is 7.92. The normalized spacial score (nSPS) is 11.3. The average Bonchev–Trinajstić information content (AvgIpc) is 2.40. The molecule has 7 heteroatoms. The monoisotopic (exact) mass is 294 g/mol. The van der Waals surface area contributed by atoms with Crippen LogP contribution < -0.4 is 10.3 Å². The van der Waals surface area contributed by atoms with Crippen LogP contribution in [0.3, 0.4) is 0 Å². The molecule has 2 aromatic rings. The lowest BCUT2D eigenvalue weighted by molar-refractivity contribution is 0.467. The Morgan fingerprint density at radius 1 is 1.15 bits per heavy atom. The van der Waals surface area contributed by atoms with Crippen molar-refractivity contribution in [3.8, 4) is 5.75 Å². The lowest BCUT2D eigenvalue weighted by Gasteiger charge is -2.12. The molecular formula is C13H14N2O4S. The van der Waals surface area contributed by atoms with Gasteiger partial charge in [-0.05, 0) is 31.5 Å². The number of aromatic amines is 1. The molecule has 0 radical (unpaired) electrons. The number of hydrogen-bond acceptors (Lipinski definition) is 4. The zero-order valence-corrected chi connectivity index (χ0v) is 11.8. The summed E-state index contributed by atoms with van der Waals surface area (Å²) in [5.41, 5.74) is 1.01. The van der Waals surface area contributed by atoms with Crippen LogP contribution in [0, 0.1) is 13.8 Å². The quantitative estimate of drug-likeness (QED) is 0.798. The summed E-state index contributed by atoms with van der Waals surface area (Å²) in [4.78, 5) is 13.2. The van der Waals surface area contributed by atoms with E-state index in [4.69, 9.17) is 0 Å². The van der Waals surface area contributed by atoms with Gasteiger partial charge in [-0.15, -0.1) is 0 Å². The summed E-state index contributed by atoms with van der Waals surface area (Å²) >= 11 is 0. The molecule has 1 aromatic heterocycles. The van der Waals surface area contributed by atoms with E-state index < -0.39 is 10.0 Å². The summed E-state index contributed by atoms with van der Waals surface area (Å²) in [5, 5.41) is 9.81. The van der Waals surface area contributed by atoms with E-state index in [0.29, 0.717) is 16.8 Å². The molecule has 0 aliphatic carbocycles. The molecule has 0 spiro atoms. The number of nitrogens with one attached hydrogen (secondary N) is 2. The third kappa shape index (κ3) is 2.67. The first-order valence-electron chi connectivity index (χ1n) is 5.82. The fourth-order valence-corrected chi connectivity index (χ4v) is 2.80.